The van der Waals surface area contributed by atoms with Crippen LogP contribution in [0, 0.1) is 11.3 Å². The van der Waals surface area contributed by atoms with Crippen molar-refractivity contribution in [3.05, 3.63) is 58.7 Å². The molecule has 3 aliphatic carbocycles. The lowest BCUT2D eigenvalue weighted by atomic mass is 9.63. The van der Waals surface area contributed by atoms with Gasteiger partial charge in [-0.2, -0.15) is 0 Å². The average molecular weight is 316 g/mol. The Kier molecular flexibility index (Phi) is 2.90. The van der Waals surface area contributed by atoms with E-state index in [0.29, 0.717) is 17.6 Å². The Morgan fingerprint density at radius 1 is 1.12 bits per heavy atom. The maximum absolute atomic E-state index is 13.5. The molecule has 2 unspecified atom stereocenters. The molecule has 2 bridgehead atoms. The van der Waals surface area contributed by atoms with Crippen molar-refractivity contribution in [2.45, 2.75) is 51.9 Å². The minimum absolute atomic E-state index is 0.0690. The van der Waals surface area contributed by atoms with Gasteiger partial charge in [-0.05, 0) is 71.9 Å². The molecule has 24 heavy (non-hydrogen) atoms. The highest BCUT2D eigenvalue weighted by molar-refractivity contribution is 6.06. The lowest BCUT2D eigenvalue weighted by Gasteiger charge is -2.38. The summed E-state index contributed by atoms with van der Waals surface area (Å²) < 4.78 is 0. The Balaban J connectivity index is 1.64. The molecule has 1 spiro atoms. The van der Waals surface area contributed by atoms with Crippen molar-refractivity contribution in [2.24, 2.45) is 11.3 Å². The zero-order valence-electron chi connectivity index (χ0n) is 14.6. The van der Waals surface area contributed by atoms with E-state index in [1.807, 2.05) is 0 Å². The van der Waals surface area contributed by atoms with Crippen molar-refractivity contribution in [2.75, 3.05) is 0 Å². The molecular formula is C23H24O. The molecule has 0 saturated heterocycles. The summed E-state index contributed by atoms with van der Waals surface area (Å²) in [4.78, 5) is 13.5. The van der Waals surface area contributed by atoms with E-state index < -0.39 is 0 Å². The van der Waals surface area contributed by atoms with Gasteiger partial charge in [0.2, 0.25) is 0 Å². The summed E-state index contributed by atoms with van der Waals surface area (Å²) in [5.41, 5.74) is 5.11. The van der Waals surface area contributed by atoms with Gasteiger partial charge in [-0.25, -0.2) is 0 Å². The standard InChI is InChI=1S/C23H24O/c1-14(2)16-4-5-17-11-18-7-8-23(13-15-3-6-20(23)9-15)22(24)21(18)12-19(17)10-16/h3-5,10-12,14,20H,6-9,13H2,1-2H3. The van der Waals surface area contributed by atoms with Crippen LogP contribution in [0.5, 0.6) is 0 Å². The third-order valence-electron chi connectivity index (χ3n) is 6.81. The Hall–Kier alpha value is -1.89. The Morgan fingerprint density at radius 2 is 2.00 bits per heavy atom. The van der Waals surface area contributed by atoms with Gasteiger partial charge in [0.1, 0.15) is 0 Å². The largest absolute Gasteiger partial charge is 0.294 e. The number of benzene rings is 2. The minimum Gasteiger partial charge on any atom is -0.294 e. The molecule has 2 aromatic rings. The second-order valence-electron chi connectivity index (χ2n) is 8.43. The van der Waals surface area contributed by atoms with E-state index in [0.717, 1.165) is 31.2 Å². The van der Waals surface area contributed by atoms with Crippen LogP contribution in [0.4, 0.5) is 0 Å². The molecule has 1 saturated carbocycles. The van der Waals surface area contributed by atoms with E-state index in [-0.39, 0.29) is 5.41 Å². The fourth-order valence-corrected chi connectivity index (χ4v) is 5.35. The number of rotatable bonds is 1. The molecule has 3 aliphatic rings. The molecule has 122 valence electrons. The first-order valence-electron chi connectivity index (χ1n) is 9.36. The van der Waals surface area contributed by atoms with Gasteiger partial charge in [0.15, 0.2) is 5.78 Å². The van der Waals surface area contributed by atoms with E-state index in [1.54, 1.807) is 5.57 Å². The van der Waals surface area contributed by atoms with Crippen LogP contribution in [0.2, 0.25) is 0 Å². The Morgan fingerprint density at radius 3 is 2.71 bits per heavy atom. The van der Waals surface area contributed by atoms with Gasteiger partial charge in [-0.1, -0.05) is 49.8 Å². The lowest BCUT2D eigenvalue weighted by molar-refractivity contribution is 0.0671. The van der Waals surface area contributed by atoms with Crippen molar-refractivity contribution in [3.8, 4) is 0 Å². The number of hydrogen-bond acceptors (Lipinski definition) is 1. The molecule has 1 fully saturated rings. The topological polar surface area (TPSA) is 17.1 Å². The molecule has 0 N–H and O–H groups in total. The summed E-state index contributed by atoms with van der Waals surface area (Å²) in [7, 11) is 0. The summed E-state index contributed by atoms with van der Waals surface area (Å²) >= 11 is 0. The second kappa shape index (κ2) is 4.81. The van der Waals surface area contributed by atoms with Crippen LogP contribution in [0.25, 0.3) is 10.8 Å². The van der Waals surface area contributed by atoms with E-state index >= 15 is 0 Å². The van der Waals surface area contributed by atoms with Crippen LogP contribution in [0.15, 0.2) is 42.0 Å². The van der Waals surface area contributed by atoms with Gasteiger partial charge in [-0.15, -0.1) is 0 Å². The fourth-order valence-electron chi connectivity index (χ4n) is 5.35. The SMILES string of the molecule is CC(C)c1ccc2cc3c(cc2c1)C(=O)C1(CC3)CC2=CCC1C2. The third-order valence-corrected chi connectivity index (χ3v) is 6.81. The highest BCUT2D eigenvalue weighted by Gasteiger charge is 2.53. The van der Waals surface area contributed by atoms with Gasteiger partial charge < -0.3 is 0 Å². The molecule has 0 aliphatic heterocycles. The highest BCUT2D eigenvalue weighted by Crippen LogP contribution is 2.58. The minimum atomic E-state index is -0.0690. The summed E-state index contributed by atoms with van der Waals surface area (Å²) in [5, 5.41) is 2.50. The number of Topliss-reactive ketones (excluding diaryl/α,β-unsaturated/α-hetero) is 1. The van der Waals surface area contributed by atoms with Gasteiger partial charge in [0.05, 0.1) is 0 Å². The van der Waals surface area contributed by atoms with Crippen molar-refractivity contribution in [3.63, 3.8) is 0 Å². The third kappa shape index (κ3) is 1.84. The summed E-state index contributed by atoms with van der Waals surface area (Å²) in [5.74, 6) is 1.53. The number of carbonyl (C=O) groups excluding carboxylic acids is 1. The van der Waals surface area contributed by atoms with Gasteiger partial charge in [0.25, 0.3) is 0 Å². The van der Waals surface area contributed by atoms with Crippen molar-refractivity contribution >= 4 is 16.6 Å². The van der Waals surface area contributed by atoms with Crippen LogP contribution in [0.3, 0.4) is 0 Å². The molecule has 0 aromatic heterocycles. The Labute approximate surface area is 143 Å². The van der Waals surface area contributed by atoms with Gasteiger partial charge in [-0.3, -0.25) is 4.79 Å². The second-order valence-corrected chi connectivity index (χ2v) is 8.43. The lowest BCUT2D eigenvalue weighted by Crippen LogP contribution is -2.39. The van der Waals surface area contributed by atoms with E-state index in [9.17, 15) is 4.79 Å². The molecular weight excluding hydrogens is 292 g/mol. The first-order valence-corrected chi connectivity index (χ1v) is 9.36. The fraction of sp³-hybridized carbons (Fsp3) is 0.435. The van der Waals surface area contributed by atoms with Crippen LogP contribution < -0.4 is 0 Å². The molecule has 2 aromatic carbocycles. The predicted octanol–water partition coefficient (Wildman–Crippen LogP) is 5.82. The molecule has 0 heterocycles. The maximum Gasteiger partial charge on any atom is 0.169 e. The highest BCUT2D eigenvalue weighted by atomic mass is 16.1. The van der Waals surface area contributed by atoms with Crippen LogP contribution >= 0.6 is 0 Å². The summed E-state index contributed by atoms with van der Waals surface area (Å²) in [6.07, 6.45) is 7.82. The van der Waals surface area contributed by atoms with Crippen LogP contribution in [0.1, 0.15) is 66.9 Å². The molecule has 0 amide bonds. The molecule has 2 atom stereocenters. The average Bonchev–Trinajstić information content (AvgIpc) is 3.18. The molecule has 0 radical (unpaired) electrons. The predicted molar refractivity (Wildman–Crippen MR) is 98.5 cm³/mol. The number of ketones is 1. The summed E-state index contributed by atoms with van der Waals surface area (Å²) in [6.45, 7) is 4.45. The van der Waals surface area contributed by atoms with Crippen LogP contribution in [-0.2, 0) is 6.42 Å². The Bertz CT molecular complexity index is 902. The zero-order chi connectivity index (χ0) is 16.5. The molecule has 1 nitrogen and oxygen atoms in total. The maximum atomic E-state index is 13.5. The monoisotopic (exact) mass is 316 g/mol. The first kappa shape index (κ1) is 14.5. The van der Waals surface area contributed by atoms with E-state index in [1.165, 1.54) is 28.3 Å². The van der Waals surface area contributed by atoms with Crippen molar-refractivity contribution in [1.29, 1.82) is 0 Å². The van der Waals surface area contributed by atoms with Crippen LogP contribution in [-0.4, -0.2) is 5.78 Å². The summed E-state index contributed by atoms with van der Waals surface area (Å²) in [6, 6.07) is 11.2. The van der Waals surface area contributed by atoms with E-state index in [4.69, 9.17) is 0 Å². The number of carbonyl (C=O) groups is 1. The normalized spacial score (nSPS) is 28.0. The zero-order valence-corrected chi connectivity index (χ0v) is 14.6. The van der Waals surface area contributed by atoms with Gasteiger partial charge >= 0.3 is 0 Å². The van der Waals surface area contributed by atoms with Crippen molar-refractivity contribution in [1.82, 2.24) is 0 Å². The molecule has 5 rings (SSSR count). The smallest absolute Gasteiger partial charge is 0.169 e. The number of allylic oxidation sites excluding steroid dienone is 2. The number of hydrogen-bond donors (Lipinski definition) is 0. The first-order chi connectivity index (χ1) is 11.6. The number of aryl methyl sites for hydroxylation is 1. The van der Waals surface area contributed by atoms with E-state index in [2.05, 4.69) is 50.3 Å². The molecule has 1 heteroatoms. The quantitative estimate of drug-likeness (QED) is 0.606. The van der Waals surface area contributed by atoms with Gasteiger partial charge in [0, 0.05) is 11.0 Å². The number of fused-ring (bicyclic) bond motifs is 5. The van der Waals surface area contributed by atoms with Crippen molar-refractivity contribution < 1.29 is 4.79 Å².